The third-order valence-electron chi connectivity index (χ3n) is 5.54. The first-order chi connectivity index (χ1) is 17.2. The second kappa shape index (κ2) is 9.13. The summed E-state index contributed by atoms with van der Waals surface area (Å²) in [6, 6.07) is 14.6. The van der Waals surface area contributed by atoms with E-state index in [4.69, 9.17) is 5.73 Å². The fraction of sp³-hybridized carbons (Fsp3) is 0.167. The molecule has 0 saturated heterocycles. The van der Waals surface area contributed by atoms with Crippen molar-refractivity contribution in [3.05, 3.63) is 81.4 Å². The zero-order valence-corrected chi connectivity index (χ0v) is 21.6. The van der Waals surface area contributed by atoms with E-state index in [0.29, 0.717) is 5.82 Å². The van der Waals surface area contributed by atoms with Gasteiger partial charge in [0, 0.05) is 40.0 Å². The van der Waals surface area contributed by atoms with Crippen LogP contribution in [0.5, 0.6) is 0 Å². The maximum absolute atomic E-state index is 10.9. The average Bonchev–Trinajstić information content (AvgIpc) is 3.59. The summed E-state index contributed by atoms with van der Waals surface area (Å²) in [6.07, 6.45) is 0. The molecule has 0 radical (unpaired) electrons. The van der Waals surface area contributed by atoms with Crippen LogP contribution < -0.4 is 5.73 Å². The summed E-state index contributed by atoms with van der Waals surface area (Å²) < 4.78 is 14.5. The molecule has 182 valence electrons. The van der Waals surface area contributed by atoms with E-state index >= 15 is 0 Å². The van der Waals surface area contributed by atoms with Gasteiger partial charge in [-0.25, -0.2) is 9.36 Å². The van der Waals surface area contributed by atoms with Crippen LogP contribution in [0.1, 0.15) is 22.8 Å². The Kier molecular flexibility index (Phi) is 5.98. The van der Waals surface area contributed by atoms with Crippen molar-refractivity contribution >= 4 is 54.6 Å². The third kappa shape index (κ3) is 4.32. The highest BCUT2D eigenvalue weighted by Crippen LogP contribution is 2.30. The summed E-state index contributed by atoms with van der Waals surface area (Å²) in [4.78, 5) is 10.5. The van der Waals surface area contributed by atoms with Crippen molar-refractivity contribution < 1.29 is 4.92 Å². The number of hydrogen-bond donors (Lipinski definition) is 1. The molecular formula is C24H22N8O2S2. The maximum Gasteiger partial charge on any atom is 0.270 e. The lowest BCUT2D eigenvalue weighted by molar-refractivity contribution is -0.384. The van der Waals surface area contributed by atoms with Gasteiger partial charge in [-0.2, -0.15) is 18.9 Å². The number of nitro groups is 1. The molecule has 2 aromatic carbocycles. The number of non-ortho nitro benzene ring substituents is 1. The lowest BCUT2D eigenvalue weighted by Gasteiger charge is -2.01. The predicted molar refractivity (Wildman–Crippen MR) is 143 cm³/mol. The van der Waals surface area contributed by atoms with Gasteiger partial charge in [0.25, 0.3) is 5.69 Å². The zero-order chi connectivity index (χ0) is 25.6. The van der Waals surface area contributed by atoms with Gasteiger partial charge in [0.05, 0.1) is 25.7 Å². The number of anilines is 1. The number of nitrogens with zero attached hydrogens (tertiary/aromatic N) is 7. The van der Waals surface area contributed by atoms with E-state index in [1.807, 2.05) is 62.7 Å². The van der Waals surface area contributed by atoms with Crippen LogP contribution in [-0.2, 0) is 0 Å². The summed E-state index contributed by atoms with van der Waals surface area (Å²) in [5.41, 5.74) is 10.6. The topological polar surface area (TPSA) is 131 Å². The smallest absolute Gasteiger partial charge is 0.270 e. The molecule has 6 rings (SSSR count). The number of fused-ring (bicyclic) bond motifs is 2. The summed E-state index contributed by atoms with van der Waals surface area (Å²) in [5.74, 6) is 1.51. The molecule has 4 heterocycles. The highest BCUT2D eigenvalue weighted by molar-refractivity contribution is 7.14. The molecule has 0 fully saturated rings. The van der Waals surface area contributed by atoms with Gasteiger partial charge in [-0.3, -0.25) is 10.1 Å². The molecule has 4 aromatic heterocycles. The van der Waals surface area contributed by atoms with Crippen LogP contribution in [-0.4, -0.2) is 33.2 Å². The van der Waals surface area contributed by atoms with Crippen LogP contribution in [0, 0.1) is 37.8 Å². The number of nitrogens with two attached hydrogens (primary N) is 1. The summed E-state index contributed by atoms with van der Waals surface area (Å²) in [7, 11) is 0. The van der Waals surface area contributed by atoms with Crippen LogP contribution >= 0.6 is 23.1 Å². The van der Waals surface area contributed by atoms with E-state index in [0.717, 1.165) is 54.5 Å². The highest BCUT2D eigenvalue weighted by atomic mass is 32.1. The second-order valence-corrected chi connectivity index (χ2v) is 9.99. The number of nitro benzene ring substituents is 1. The molecule has 0 saturated carbocycles. The number of aryl methyl sites for hydroxylation is 4. The van der Waals surface area contributed by atoms with Crippen LogP contribution in [0.25, 0.3) is 31.8 Å². The number of hydrogen-bond acceptors (Lipinski definition) is 9. The molecule has 10 nitrogen and oxygen atoms in total. The van der Waals surface area contributed by atoms with E-state index < -0.39 is 4.92 Å². The van der Waals surface area contributed by atoms with Gasteiger partial charge in [-0.05, 0) is 87.2 Å². The van der Waals surface area contributed by atoms with Crippen molar-refractivity contribution in [2.45, 2.75) is 27.7 Å². The lowest BCUT2D eigenvalue weighted by Crippen LogP contribution is -1.99. The molecule has 0 atom stereocenters. The minimum Gasteiger partial charge on any atom is -0.399 e. The Hall–Kier alpha value is -4.16. The van der Waals surface area contributed by atoms with Gasteiger partial charge in [0.1, 0.15) is 0 Å². The summed E-state index contributed by atoms with van der Waals surface area (Å²) in [5, 5.41) is 21.5. The van der Waals surface area contributed by atoms with Gasteiger partial charge < -0.3 is 5.73 Å². The maximum atomic E-state index is 10.9. The van der Waals surface area contributed by atoms with Crippen molar-refractivity contribution in [1.82, 2.24) is 28.3 Å². The average molecular weight is 519 g/mol. The molecule has 0 aliphatic rings. The minimum atomic E-state index is -0.401. The first-order valence-corrected chi connectivity index (χ1v) is 12.5. The summed E-state index contributed by atoms with van der Waals surface area (Å²) in [6.45, 7) is 7.84. The minimum absolute atomic E-state index is 0.0653. The molecule has 0 aliphatic heterocycles. The quantitative estimate of drug-likeness (QED) is 0.181. The SMILES string of the molecule is Cc1cc(C)n(-c2nsc3ccc(N)cc23)n1.Cc1cc(C)n(-c2nsc3ccc([N+](=O)[O-])cc23)n1. The fourth-order valence-electron chi connectivity index (χ4n) is 3.96. The monoisotopic (exact) mass is 518 g/mol. The largest absolute Gasteiger partial charge is 0.399 e. The van der Waals surface area contributed by atoms with Gasteiger partial charge in [-0.15, -0.1) is 0 Å². The molecule has 12 heteroatoms. The van der Waals surface area contributed by atoms with Gasteiger partial charge >= 0.3 is 0 Å². The van der Waals surface area contributed by atoms with E-state index in [1.165, 1.54) is 29.1 Å². The number of aromatic nitrogens is 6. The first kappa shape index (κ1) is 23.6. The number of nitrogen functional groups attached to an aromatic ring is 1. The van der Waals surface area contributed by atoms with E-state index in [-0.39, 0.29) is 5.69 Å². The van der Waals surface area contributed by atoms with Crippen molar-refractivity contribution in [2.75, 3.05) is 5.73 Å². The molecule has 6 aromatic rings. The Labute approximate surface area is 214 Å². The van der Waals surface area contributed by atoms with Crippen LogP contribution in [0.2, 0.25) is 0 Å². The van der Waals surface area contributed by atoms with Crippen molar-refractivity contribution in [3.8, 4) is 11.6 Å². The Morgan fingerprint density at radius 1 is 0.778 bits per heavy atom. The molecule has 0 unspecified atom stereocenters. The van der Waals surface area contributed by atoms with Crippen molar-refractivity contribution in [1.29, 1.82) is 0 Å². The van der Waals surface area contributed by atoms with Gasteiger partial charge in [0.2, 0.25) is 0 Å². The molecule has 0 amide bonds. The number of benzene rings is 2. The molecule has 0 spiro atoms. The van der Waals surface area contributed by atoms with Crippen molar-refractivity contribution in [3.63, 3.8) is 0 Å². The van der Waals surface area contributed by atoms with E-state index in [2.05, 4.69) is 18.9 Å². The van der Waals surface area contributed by atoms with E-state index in [1.54, 1.807) is 16.8 Å². The van der Waals surface area contributed by atoms with Crippen LogP contribution in [0.15, 0.2) is 48.5 Å². The Balaban J connectivity index is 0.000000149. The normalized spacial score (nSPS) is 11.1. The molecule has 0 bridgehead atoms. The summed E-state index contributed by atoms with van der Waals surface area (Å²) >= 11 is 2.78. The van der Waals surface area contributed by atoms with Crippen LogP contribution in [0.3, 0.4) is 0 Å². The molecular weight excluding hydrogens is 496 g/mol. The van der Waals surface area contributed by atoms with Gasteiger partial charge in [-0.1, -0.05) is 0 Å². The fourth-order valence-corrected chi connectivity index (χ4v) is 5.44. The predicted octanol–water partition coefficient (Wildman–Crippen LogP) is 5.69. The third-order valence-corrected chi connectivity index (χ3v) is 7.17. The molecule has 0 aliphatic carbocycles. The zero-order valence-electron chi connectivity index (χ0n) is 20.0. The first-order valence-electron chi connectivity index (χ1n) is 11.0. The molecule has 2 N–H and O–H groups in total. The standard InChI is InChI=1S/C12H10N4O2S.C12H12N4S/c1-7-5-8(2)15(13-7)12-10-6-9(16(17)18)3-4-11(10)19-14-12;1-7-5-8(2)16(14-7)12-10-6-9(13)3-4-11(10)17-15-12/h3-6H,1-2H3;3-6H,13H2,1-2H3. The Morgan fingerprint density at radius 3 is 1.75 bits per heavy atom. The lowest BCUT2D eigenvalue weighted by atomic mass is 10.2. The van der Waals surface area contributed by atoms with Gasteiger partial charge in [0.15, 0.2) is 11.6 Å². The van der Waals surface area contributed by atoms with E-state index in [9.17, 15) is 10.1 Å². The Bertz CT molecular complexity index is 1740. The Morgan fingerprint density at radius 2 is 1.28 bits per heavy atom. The van der Waals surface area contributed by atoms with Crippen LogP contribution in [0.4, 0.5) is 11.4 Å². The molecule has 36 heavy (non-hydrogen) atoms. The second-order valence-electron chi connectivity index (χ2n) is 8.38. The highest BCUT2D eigenvalue weighted by Gasteiger charge is 2.15. The van der Waals surface area contributed by atoms with Crippen molar-refractivity contribution in [2.24, 2.45) is 0 Å². The number of rotatable bonds is 3.